The first-order valence-electron chi connectivity index (χ1n) is 6.11. The Morgan fingerprint density at radius 3 is 2.14 bits per heavy atom. The van der Waals surface area contributed by atoms with Gasteiger partial charge in [0, 0.05) is 62.1 Å². The van der Waals surface area contributed by atoms with Crippen molar-refractivity contribution < 1.29 is 0 Å². The molecular formula is C13H18Cl3N5. The first kappa shape index (κ1) is 19.9. The topological polar surface area (TPSA) is 53.9 Å². The molecule has 0 aromatic carbocycles. The zero-order chi connectivity index (χ0) is 12.2. The molecule has 1 N–H and O–H groups in total. The van der Waals surface area contributed by atoms with Gasteiger partial charge in [-0.15, -0.1) is 37.2 Å². The van der Waals surface area contributed by atoms with E-state index in [9.17, 15) is 0 Å². The molecule has 3 rings (SSSR count). The molecule has 1 aliphatic rings. The molecule has 2 aromatic rings. The Kier molecular flexibility index (Phi) is 9.21. The predicted octanol–water partition coefficient (Wildman–Crippen LogP) is 2.21. The summed E-state index contributed by atoms with van der Waals surface area (Å²) in [6.45, 7) is 3.92. The summed E-state index contributed by atoms with van der Waals surface area (Å²) in [6, 6.07) is 3.93. The molecule has 0 amide bonds. The largest absolute Gasteiger partial charge is 0.338 e. The molecule has 8 heteroatoms. The molecule has 116 valence electrons. The van der Waals surface area contributed by atoms with Crippen molar-refractivity contribution in [1.29, 1.82) is 0 Å². The molecule has 0 atom stereocenters. The Bertz CT molecular complexity index is 503. The van der Waals surface area contributed by atoms with E-state index >= 15 is 0 Å². The van der Waals surface area contributed by atoms with Crippen LogP contribution in [0.1, 0.15) is 0 Å². The lowest BCUT2D eigenvalue weighted by atomic mass is 10.2. The first-order valence-corrected chi connectivity index (χ1v) is 6.11. The highest BCUT2D eigenvalue weighted by Gasteiger charge is 2.12. The van der Waals surface area contributed by atoms with Gasteiger partial charge in [0.2, 0.25) is 5.95 Å². The lowest BCUT2D eigenvalue weighted by Crippen LogP contribution is -2.44. The molecule has 2 aromatic heterocycles. The molecule has 1 saturated heterocycles. The predicted molar refractivity (Wildman–Crippen MR) is 92.1 cm³/mol. The van der Waals surface area contributed by atoms with E-state index in [1.165, 1.54) is 0 Å². The normalized spacial score (nSPS) is 13.4. The summed E-state index contributed by atoms with van der Waals surface area (Å²) < 4.78 is 0. The van der Waals surface area contributed by atoms with Gasteiger partial charge in [-0.25, -0.2) is 9.97 Å². The van der Waals surface area contributed by atoms with Crippen molar-refractivity contribution >= 4 is 43.2 Å². The maximum atomic E-state index is 4.44. The smallest absolute Gasteiger partial charge is 0.225 e. The van der Waals surface area contributed by atoms with Gasteiger partial charge in [-0.1, -0.05) is 6.07 Å². The van der Waals surface area contributed by atoms with Crippen molar-refractivity contribution in [2.45, 2.75) is 0 Å². The highest BCUT2D eigenvalue weighted by Crippen LogP contribution is 2.17. The van der Waals surface area contributed by atoms with Crippen LogP contribution in [-0.4, -0.2) is 41.1 Å². The second-order valence-corrected chi connectivity index (χ2v) is 4.25. The molecule has 21 heavy (non-hydrogen) atoms. The highest BCUT2D eigenvalue weighted by molar-refractivity contribution is 5.86. The number of halogens is 3. The summed E-state index contributed by atoms with van der Waals surface area (Å²) in [6.07, 6.45) is 7.31. The Morgan fingerprint density at radius 1 is 0.905 bits per heavy atom. The van der Waals surface area contributed by atoms with Crippen molar-refractivity contribution in [3.05, 3.63) is 36.9 Å². The maximum Gasteiger partial charge on any atom is 0.225 e. The number of nitrogens with zero attached hydrogens (tertiary/aromatic N) is 4. The van der Waals surface area contributed by atoms with Gasteiger partial charge in [0.05, 0.1) is 0 Å². The minimum atomic E-state index is 0. The molecule has 5 nitrogen and oxygen atoms in total. The van der Waals surface area contributed by atoms with Crippen LogP contribution in [0.4, 0.5) is 5.95 Å². The van der Waals surface area contributed by atoms with E-state index in [2.05, 4.69) is 25.2 Å². The molecule has 0 aliphatic carbocycles. The van der Waals surface area contributed by atoms with Gasteiger partial charge < -0.3 is 10.2 Å². The third-order valence-electron chi connectivity index (χ3n) is 3.03. The summed E-state index contributed by atoms with van der Waals surface area (Å²) in [5.74, 6) is 0.809. The van der Waals surface area contributed by atoms with Crippen molar-refractivity contribution in [2.75, 3.05) is 31.1 Å². The molecular weight excluding hydrogens is 333 g/mol. The Labute approximate surface area is 142 Å². The van der Waals surface area contributed by atoms with E-state index in [0.717, 1.165) is 43.3 Å². The minimum Gasteiger partial charge on any atom is -0.338 e. The van der Waals surface area contributed by atoms with Crippen molar-refractivity contribution in [2.24, 2.45) is 0 Å². The molecule has 0 bridgehead atoms. The molecule has 3 heterocycles. The van der Waals surface area contributed by atoms with Gasteiger partial charge in [-0.3, -0.25) is 4.98 Å². The number of nitrogens with one attached hydrogen (secondary N) is 1. The minimum absolute atomic E-state index is 0. The van der Waals surface area contributed by atoms with Crippen LogP contribution in [-0.2, 0) is 0 Å². The summed E-state index contributed by atoms with van der Waals surface area (Å²) >= 11 is 0. The van der Waals surface area contributed by atoms with Crippen LogP contribution in [0.5, 0.6) is 0 Å². The van der Waals surface area contributed by atoms with Gasteiger partial charge in [0.25, 0.3) is 0 Å². The standard InChI is InChI=1S/C13H15N5.3ClH/c1-2-11(8-15-3-1)12-9-16-13(17-10-12)18-6-4-14-5-7-18;;;/h1-3,8-10,14H,4-7H2;3*1H. The van der Waals surface area contributed by atoms with Crippen LogP contribution in [0, 0.1) is 0 Å². The van der Waals surface area contributed by atoms with Crippen LogP contribution >= 0.6 is 37.2 Å². The van der Waals surface area contributed by atoms with Gasteiger partial charge >= 0.3 is 0 Å². The second-order valence-electron chi connectivity index (χ2n) is 4.25. The third kappa shape index (κ3) is 4.97. The fraction of sp³-hybridized carbons (Fsp3) is 0.308. The van der Waals surface area contributed by atoms with E-state index in [4.69, 9.17) is 0 Å². The summed E-state index contributed by atoms with van der Waals surface area (Å²) in [5.41, 5.74) is 2.05. The number of aromatic nitrogens is 3. The van der Waals surface area contributed by atoms with Crippen LogP contribution in [0.3, 0.4) is 0 Å². The van der Waals surface area contributed by atoms with Crippen molar-refractivity contribution in [1.82, 2.24) is 20.3 Å². The molecule has 1 aliphatic heterocycles. The molecule has 1 fully saturated rings. The number of anilines is 1. The summed E-state index contributed by atoms with van der Waals surface area (Å²) in [4.78, 5) is 15.2. The van der Waals surface area contributed by atoms with E-state index in [1.807, 2.05) is 30.7 Å². The Hall–Kier alpha value is -1.14. The van der Waals surface area contributed by atoms with Gasteiger partial charge in [-0.05, 0) is 6.07 Å². The summed E-state index contributed by atoms with van der Waals surface area (Å²) in [7, 11) is 0. The van der Waals surface area contributed by atoms with Crippen molar-refractivity contribution in [3.63, 3.8) is 0 Å². The van der Waals surface area contributed by atoms with Gasteiger partial charge in [0.1, 0.15) is 0 Å². The fourth-order valence-corrected chi connectivity index (χ4v) is 2.03. The zero-order valence-electron chi connectivity index (χ0n) is 11.3. The second kappa shape index (κ2) is 9.73. The average Bonchev–Trinajstić information content (AvgIpc) is 2.49. The van der Waals surface area contributed by atoms with E-state index in [1.54, 1.807) is 6.20 Å². The lowest BCUT2D eigenvalue weighted by Gasteiger charge is -2.27. The SMILES string of the molecule is Cl.Cl.Cl.c1cncc(-c2cnc(N3CCNCC3)nc2)c1. The molecule has 0 radical (unpaired) electrons. The van der Waals surface area contributed by atoms with Gasteiger partial charge in [-0.2, -0.15) is 0 Å². The quantitative estimate of drug-likeness (QED) is 0.900. The average molecular weight is 351 g/mol. The van der Waals surface area contributed by atoms with Crippen LogP contribution in [0.25, 0.3) is 11.1 Å². The van der Waals surface area contributed by atoms with E-state index < -0.39 is 0 Å². The number of piperazine rings is 1. The lowest BCUT2D eigenvalue weighted by molar-refractivity contribution is 0.580. The third-order valence-corrected chi connectivity index (χ3v) is 3.03. The number of hydrogen-bond donors (Lipinski definition) is 1. The van der Waals surface area contributed by atoms with Crippen LogP contribution in [0.2, 0.25) is 0 Å². The van der Waals surface area contributed by atoms with Crippen molar-refractivity contribution in [3.8, 4) is 11.1 Å². The number of rotatable bonds is 2. The molecule has 0 spiro atoms. The fourth-order valence-electron chi connectivity index (χ4n) is 2.03. The molecule has 0 unspecified atom stereocenters. The van der Waals surface area contributed by atoms with Gasteiger partial charge in [0.15, 0.2) is 0 Å². The maximum absolute atomic E-state index is 4.44. The zero-order valence-corrected chi connectivity index (χ0v) is 13.8. The number of hydrogen-bond acceptors (Lipinski definition) is 5. The Morgan fingerprint density at radius 2 is 1.57 bits per heavy atom. The van der Waals surface area contributed by atoms with Crippen LogP contribution < -0.4 is 10.2 Å². The number of pyridine rings is 1. The first-order chi connectivity index (χ1) is 8.93. The highest BCUT2D eigenvalue weighted by atomic mass is 35.5. The van der Waals surface area contributed by atoms with Crippen LogP contribution in [0.15, 0.2) is 36.9 Å². The summed E-state index contributed by atoms with van der Waals surface area (Å²) in [5, 5.41) is 3.32. The monoisotopic (exact) mass is 349 g/mol. The Balaban J connectivity index is 0.00000133. The van der Waals surface area contributed by atoms with E-state index in [0.29, 0.717) is 0 Å². The van der Waals surface area contributed by atoms with E-state index in [-0.39, 0.29) is 37.2 Å². The molecule has 0 saturated carbocycles.